The molecule has 1 heterocycles. The third-order valence-corrected chi connectivity index (χ3v) is 2.32. The van der Waals surface area contributed by atoms with Gasteiger partial charge in [0.2, 0.25) is 0 Å². The topological polar surface area (TPSA) is 129 Å². The van der Waals surface area contributed by atoms with Gasteiger partial charge in [0.15, 0.2) is 18.2 Å². The van der Waals surface area contributed by atoms with Crippen LogP contribution in [0.2, 0.25) is 0 Å². The largest absolute Gasteiger partial charge is 0.478 e. The molecule has 0 bridgehead atoms. The van der Waals surface area contributed by atoms with Crippen LogP contribution in [-0.2, 0) is 6.61 Å². The molecule has 0 radical (unpaired) electrons. The van der Waals surface area contributed by atoms with Crippen molar-refractivity contribution in [2.45, 2.75) is 13.5 Å². The number of aromatic carboxylic acids is 1. The molecular formula is C11H9N3O6. The molecule has 1 N–H and O–H groups in total. The fourth-order valence-corrected chi connectivity index (χ4v) is 1.45. The van der Waals surface area contributed by atoms with Crippen LogP contribution >= 0.6 is 0 Å². The number of carbonyl (C=O) groups is 1. The predicted octanol–water partition coefficient (Wildman–Crippen LogP) is 1.56. The van der Waals surface area contributed by atoms with Crippen LogP contribution in [0, 0.1) is 17.0 Å². The number of aryl methyl sites for hydroxylation is 1. The fourth-order valence-electron chi connectivity index (χ4n) is 1.45. The molecule has 0 saturated heterocycles. The Labute approximate surface area is 111 Å². The van der Waals surface area contributed by atoms with Crippen molar-refractivity contribution in [1.82, 2.24) is 10.1 Å². The second-order valence-electron chi connectivity index (χ2n) is 3.77. The molecule has 0 atom stereocenters. The third-order valence-electron chi connectivity index (χ3n) is 2.32. The van der Waals surface area contributed by atoms with Gasteiger partial charge >= 0.3 is 11.7 Å². The number of rotatable bonds is 5. The molecule has 0 fully saturated rings. The fraction of sp³-hybridized carbons (Fsp3) is 0.182. The molecule has 1 aromatic carbocycles. The molecular weight excluding hydrogens is 270 g/mol. The van der Waals surface area contributed by atoms with Crippen LogP contribution in [0.15, 0.2) is 22.7 Å². The Balaban J connectivity index is 2.22. The maximum Gasteiger partial charge on any atom is 0.335 e. The molecule has 0 aliphatic rings. The molecule has 1 aromatic heterocycles. The Morgan fingerprint density at radius 1 is 1.55 bits per heavy atom. The van der Waals surface area contributed by atoms with E-state index in [9.17, 15) is 14.9 Å². The first-order chi connectivity index (χ1) is 9.47. The van der Waals surface area contributed by atoms with Crippen LogP contribution in [-0.4, -0.2) is 26.1 Å². The minimum absolute atomic E-state index is 0.0733. The van der Waals surface area contributed by atoms with Gasteiger partial charge in [-0.2, -0.15) is 4.98 Å². The molecule has 9 heteroatoms. The predicted molar refractivity (Wildman–Crippen MR) is 63.4 cm³/mol. The van der Waals surface area contributed by atoms with Crippen LogP contribution in [0.25, 0.3) is 0 Å². The van der Waals surface area contributed by atoms with E-state index < -0.39 is 16.6 Å². The van der Waals surface area contributed by atoms with Crippen LogP contribution in [0.5, 0.6) is 5.75 Å². The molecule has 0 saturated carbocycles. The summed E-state index contributed by atoms with van der Waals surface area (Å²) in [6.45, 7) is 1.48. The van der Waals surface area contributed by atoms with E-state index in [1.165, 1.54) is 12.1 Å². The average molecular weight is 279 g/mol. The number of hydrogen-bond donors (Lipinski definition) is 1. The minimum Gasteiger partial charge on any atom is -0.478 e. The molecule has 0 spiro atoms. The molecule has 9 nitrogen and oxygen atoms in total. The molecule has 20 heavy (non-hydrogen) atoms. The number of nitro benzene ring substituents is 1. The lowest BCUT2D eigenvalue weighted by molar-refractivity contribution is -0.386. The SMILES string of the molecule is Cc1noc(COc2ccc(C(=O)O)cc2[N+](=O)[O-])n1. The van der Waals surface area contributed by atoms with Crippen molar-refractivity contribution in [3.63, 3.8) is 0 Å². The molecule has 0 aliphatic heterocycles. The second kappa shape index (κ2) is 5.34. The first-order valence-electron chi connectivity index (χ1n) is 5.41. The van der Waals surface area contributed by atoms with Crippen LogP contribution in [0.3, 0.4) is 0 Å². The van der Waals surface area contributed by atoms with Crippen LogP contribution in [0.4, 0.5) is 5.69 Å². The highest BCUT2D eigenvalue weighted by Crippen LogP contribution is 2.28. The number of ether oxygens (including phenoxy) is 1. The van der Waals surface area contributed by atoms with Gasteiger partial charge in [0.25, 0.3) is 5.89 Å². The summed E-state index contributed by atoms with van der Waals surface area (Å²) in [4.78, 5) is 24.8. The Morgan fingerprint density at radius 3 is 2.85 bits per heavy atom. The van der Waals surface area contributed by atoms with Crippen LogP contribution < -0.4 is 4.74 Å². The zero-order chi connectivity index (χ0) is 14.7. The van der Waals surface area contributed by atoms with Crippen molar-refractivity contribution in [2.75, 3.05) is 0 Å². The first-order valence-corrected chi connectivity index (χ1v) is 5.41. The quantitative estimate of drug-likeness (QED) is 0.644. The Morgan fingerprint density at radius 2 is 2.30 bits per heavy atom. The van der Waals surface area contributed by atoms with Crippen molar-refractivity contribution in [3.8, 4) is 5.75 Å². The van der Waals surface area contributed by atoms with Gasteiger partial charge in [-0.1, -0.05) is 5.16 Å². The minimum atomic E-state index is -1.26. The van der Waals surface area contributed by atoms with Gasteiger partial charge in [0.05, 0.1) is 10.5 Å². The summed E-state index contributed by atoms with van der Waals surface area (Å²) in [6.07, 6.45) is 0. The monoisotopic (exact) mass is 279 g/mol. The van der Waals surface area contributed by atoms with Crippen molar-refractivity contribution < 1.29 is 24.1 Å². The molecule has 0 amide bonds. The van der Waals surface area contributed by atoms with Gasteiger partial charge in [-0.25, -0.2) is 4.79 Å². The summed E-state index contributed by atoms with van der Waals surface area (Å²) < 4.78 is 10.00. The summed E-state index contributed by atoms with van der Waals surface area (Å²) in [5, 5.41) is 23.2. The third kappa shape index (κ3) is 2.88. The van der Waals surface area contributed by atoms with E-state index in [-0.39, 0.29) is 23.8 Å². The molecule has 2 aromatic rings. The lowest BCUT2D eigenvalue weighted by Gasteiger charge is -2.04. The highest BCUT2D eigenvalue weighted by Gasteiger charge is 2.19. The van der Waals surface area contributed by atoms with Crippen molar-refractivity contribution in [3.05, 3.63) is 45.6 Å². The van der Waals surface area contributed by atoms with E-state index in [0.717, 1.165) is 6.07 Å². The number of carboxylic acid groups (broad SMARTS) is 1. The van der Waals surface area contributed by atoms with E-state index in [0.29, 0.717) is 5.82 Å². The summed E-state index contributed by atoms with van der Waals surface area (Å²) in [5.74, 6) is -0.749. The normalized spacial score (nSPS) is 10.2. The van der Waals surface area contributed by atoms with Gasteiger partial charge in [-0.05, 0) is 19.1 Å². The maximum atomic E-state index is 10.9. The van der Waals surface area contributed by atoms with Crippen molar-refractivity contribution in [1.29, 1.82) is 0 Å². The molecule has 0 unspecified atom stereocenters. The lowest BCUT2D eigenvalue weighted by Crippen LogP contribution is -2.02. The van der Waals surface area contributed by atoms with Gasteiger partial charge < -0.3 is 14.4 Å². The standard InChI is InChI=1S/C11H9N3O6/c1-6-12-10(20-13-6)5-19-9-3-2-7(11(15)16)4-8(9)14(17)18/h2-4H,5H2,1H3,(H,15,16). The van der Waals surface area contributed by atoms with E-state index in [4.69, 9.17) is 14.4 Å². The summed E-state index contributed by atoms with van der Waals surface area (Å²) in [7, 11) is 0. The Bertz CT molecular complexity index is 666. The highest BCUT2D eigenvalue weighted by atomic mass is 16.6. The number of nitro groups is 1. The maximum absolute atomic E-state index is 10.9. The lowest BCUT2D eigenvalue weighted by atomic mass is 10.2. The summed E-state index contributed by atoms with van der Waals surface area (Å²) in [5.41, 5.74) is -0.640. The smallest absolute Gasteiger partial charge is 0.335 e. The number of aromatic nitrogens is 2. The van der Waals surface area contributed by atoms with Crippen LogP contribution in [0.1, 0.15) is 22.1 Å². The zero-order valence-corrected chi connectivity index (χ0v) is 10.3. The first kappa shape index (κ1) is 13.5. The summed E-state index contributed by atoms with van der Waals surface area (Å²) >= 11 is 0. The Hall–Kier alpha value is -2.97. The van der Waals surface area contributed by atoms with E-state index in [1.807, 2.05) is 0 Å². The van der Waals surface area contributed by atoms with E-state index in [1.54, 1.807) is 6.92 Å². The van der Waals surface area contributed by atoms with E-state index >= 15 is 0 Å². The molecule has 2 rings (SSSR count). The van der Waals surface area contributed by atoms with Gasteiger partial charge in [0, 0.05) is 6.07 Å². The van der Waals surface area contributed by atoms with Gasteiger partial charge in [-0.15, -0.1) is 0 Å². The van der Waals surface area contributed by atoms with Gasteiger partial charge in [-0.3, -0.25) is 10.1 Å². The molecule has 0 aliphatic carbocycles. The average Bonchev–Trinajstić information content (AvgIpc) is 2.81. The van der Waals surface area contributed by atoms with Crippen molar-refractivity contribution in [2.24, 2.45) is 0 Å². The van der Waals surface area contributed by atoms with Crippen molar-refractivity contribution >= 4 is 11.7 Å². The number of hydrogen-bond acceptors (Lipinski definition) is 7. The van der Waals surface area contributed by atoms with Gasteiger partial charge in [0.1, 0.15) is 0 Å². The number of carboxylic acids is 1. The zero-order valence-electron chi connectivity index (χ0n) is 10.3. The number of nitrogens with zero attached hydrogens (tertiary/aromatic N) is 3. The molecule has 104 valence electrons. The Kier molecular flexibility index (Phi) is 3.60. The highest BCUT2D eigenvalue weighted by molar-refractivity contribution is 5.88. The summed E-state index contributed by atoms with van der Waals surface area (Å²) in [6, 6.07) is 3.35. The second-order valence-corrected chi connectivity index (χ2v) is 3.77. The van der Waals surface area contributed by atoms with E-state index in [2.05, 4.69) is 10.1 Å². The number of benzene rings is 1.